The number of anilines is 2. The Kier molecular flexibility index (Phi) is 10.8. The van der Waals surface area contributed by atoms with Gasteiger partial charge in [-0.2, -0.15) is 0 Å². The van der Waals surface area contributed by atoms with Crippen LogP contribution < -0.4 is 15.4 Å². The van der Waals surface area contributed by atoms with Crippen LogP contribution in [0, 0.1) is 20.8 Å². The Morgan fingerprint density at radius 3 is 1.72 bits per heavy atom. The summed E-state index contributed by atoms with van der Waals surface area (Å²) in [5.74, 6) is 2.42. The van der Waals surface area contributed by atoms with Gasteiger partial charge in [0.25, 0.3) is 0 Å². The van der Waals surface area contributed by atoms with Gasteiger partial charge in [-0.1, -0.05) is 75.4 Å². The summed E-state index contributed by atoms with van der Waals surface area (Å²) in [6.45, 7) is 16.4. The van der Waals surface area contributed by atoms with Crippen molar-refractivity contribution in [3.8, 4) is 11.5 Å². The van der Waals surface area contributed by atoms with E-state index < -0.39 is 23.3 Å². The SMILES string of the molecule is Cc1cc(C)nc(NC2CC(C)(c3ccc(C(C)(C)C)cc3)OC2=O)c1.Cc1ccnc(NC2CC(C)(c3ccc(Oc4ccccc4)cc3)OC2=O)c1. The first-order valence-corrected chi connectivity index (χ1v) is 18.4. The largest absolute Gasteiger partial charge is 0.457 e. The smallest absolute Gasteiger partial charge is 0.329 e. The van der Waals surface area contributed by atoms with Crippen LogP contribution >= 0.6 is 0 Å². The standard InChI is InChI=1S/C23H22N2O3.C22H28N2O2/c1-16-12-13-24-21(14-16)25-20-15-23(2,28-22(20)26)17-8-10-19(11-9-17)27-18-6-4-3-5-7-18;1-14-11-15(2)23-19(12-14)24-18-13-22(6,26-20(18)25)17-9-7-16(8-10-17)21(3,4)5/h3-14,20H,15H2,1-2H3,(H,24,25);7-12,18H,13H2,1-6H3,(H,23,24). The maximum atomic E-state index is 12.5. The minimum absolute atomic E-state index is 0.102. The van der Waals surface area contributed by atoms with E-state index in [4.69, 9.17) is 14.2 Å². The Morgan fingerprint density at radius 1 is 0.667 bits per heavy atom. The second-order valence-corrected chi connectivity index (χ2v) is 15.8. The number of para-hydroxylation sites is 1. The van der Waals surface area contributed by atoms with Crippen LogP contribution in [0.5, 0.6) is 11.5 Å². The van der Waals surface area contributed by atoms with Crippen LogP contribution in [-0.4, -0.2) is 34.0 Å². The van der Waals surface area contributed by atoms with E-state index in [1.807, 2.05) is 113 Å². The number of cyclic esters (lactones) is 2. The van der Waals surface area contributed by atoms with Crippen LogP contribution in [-0.2, 0) is 35.7 Å². The van der Waals surface area contributed by atoms with Crippen molar-refractivity contribution in [2.75, 3.05) is 10.6 Å². The second kappa shape index (κ2) is 15.3. The van der Waals surface area contributed by atoms with E-state index in [1.165, 1.54) is 5.56 Å². The summed E-state index contributed by atoms with van der Waals surface area (Å²) >= 11 is 0. The second-order valence-electron chi connectivity index (χ2n) is 15.8. The predicted octanol–water partition coefficient (Wildman–Crippen LogP) is 9.46. The minimum Gasteiger partial charge on any atom is -0.457 e. The number of ether oxygens (including phenoxy) is 3. The first-order chi connectivity index (χ1) is 25.6. The van der Waals surface area contributed by atoms with Gasteiger partial charge in [0.1, 0.15) is 46.4 Å². The van der Waals surface area contributed by atoms with Gasteiger partial charge in [-0.25, -0.2) is 19.6 Å². The summed E-state index contributed by atoms with van der Waals surface area (Å²) in [7, 11) is 0. The average molecular weight is 727 g/mol. The van der Waals surface area contributed by atoms with Crippen molar-refractivity contribution in [1.29, 1.82) is 0 Å². The third kappa shape index (κ3) is 9.08. The van der Waals surface area contributed by atoms with Crippen LogP contribution in [0.25, 0.3) is 0 Å². The number of aromatic nitrogens is 2. The van der Waals surface area contributed by atoms with E-state index in [2.05, 4.69) is 65.6 Å². The van der Waals surface area contributed by atoms with E-state index >= 15 is 0 Å². The molecule has 2 aliphatic heterocycles. The highest BCUT2D eigenvalue weighted by Crippen LogP contribution is 2.40. The summed E-state index contributed by atoms with van der Waals surface area (Å²) in [6, 6.07) is 32.7. The number of hydrogen-bond acceptors (Lipinski definition) is 9. The molecule has 2 N–H and O–H groups in total. The molecule has 0 saturated carbocycles. The quantitative estimate of drug-likeness (QED) is 0.151. The van der Waals surface area contributed by atoms with Gasteiger partial charge in [-0.15, -0.1) is 0 Å². The van der Waals surface area contributed by atoms with E-state index in [0.717, 1.165) is 45.3 Å². The number of rotatable bonds is 8. The molecule has 0 aliphatic carbocycles. The van der Waals surface area contributed by atoms with Gasteiger partial charge in [-0.3, -0.25) is 0 Å². The molecule has 0 radical (unpaired) electrons. The first kappa shape index (κ1) is 38.0. The molecule has 4 unspecified atom stereocenters. The van der Waals surface area contributed by atoms with Crippen LogP contribution in [0.1, 0.15) is 81.0 Å². The summed E-state index contributed by atoms with van der Waals surface area (Å²) in [5, 5.41) is 6.44. The van der Waals surface area contributed by atoms with Crippen molar-refractivity contribution in [3.63, 3.8) is 0 Å². The Balaban J connectivity index is 0.000000185. The number of esters is 2. The van der Waals surface area contributed by atoms with Crippen molar-refractivity contribution < 1.29 is 23.8 Å². The fourth-order valence-electron chi connectivity index (χ4n) is 6.90. The highest BCUT2D eigenvalue weighted by molar-refractivity contribution is 5.82. The fourth-order valence-corrected chi connectivity index (χ4v) is 6.90. The number of aryl methyl sites for hydroxylation is 3. The molecule has 7 rings (SSSR count). The maximum absolute atomic E-state index is 12.5. The van der Waals surface area contributed by atoms with E-state index in [0.29, 0.717) is 18.7 Å². The van der Waals surface area contributed by atoms with Crippen LogP contribution in [0.2, 0.25) is 0 Å². The normalized spacial score (nSPS) is 22.1. The molecule has 280 valence electrons. The Hall–Kier alpha value is -5.70. The van der Waals surface area contributed by atoms with Gasteiger partial charge in [0.2, 0.25) is 0 Å². The summed E-state index contributed by atoms with van der Waals surface area (Å²) < 4.78 is 17.3. The molecule has 0 spiro atoms. The summed E-state index contributed by atoms with van der Waals surface area (Å²) in [6.07, 6.45) is 2.83. The third-order valence-corrected chi connectivity index (χ3v) is 9.87. The monoisotopic (exact) mass is 726 g/mol. The molecule has 9 nitrogen and oxygen atoms in total. The number of pyridine rings is 2. The molecule has 2 aromatic heterocycles. The number of nitrogens with zero attached hydrogens (tertiary/aromatic N) is 2. The summed E-state index contributed by atoms with van der Waals surface area (Å²) in [4.78, 5) is 33.6. The van der Waals surface area contributed by atoms with Gasteiger partial charge in [-0.05, 0) is 116 Å². The third-order valence-electron chi connectivity index (χ3n) is 9.87. The van der Waals surface area contributed by atoms with Gasteiger partial charge in [0, 0.05) is 24.7 Å². The van der Waals surface area contributed by atoms with Crippen molar-refractivity contribution in [3.05, 3.63) is 143 Å². The number of nitrogens with one attached hydrogen (secondary N) is 2. The average Bonchev–Trinajstić information content (AvgIpc) is 3.58. The fraction of sp³-hybridized carbons (Fsp3) is 0.333. The molecule has 2 aliphatic rings. The molecule has 9 heteroatoms. The first-order valence-electron chi connectivity index (χ1n) is 18.4. The van der Waals surface area contributed by atoms with Crippen LogP contribution in [0.3, 0.4) is 0 Å². The number of benzene rings is 3. The Morgan fingerprint density at radius 2 is 1.19 bits per heavy atom. The number of carbonyl (C=O) groups is 2. The van der Waals surface area contributed by atoms with Gasteiger partial charge >= 0.3 is 11.9 Å². The lowest BCUT2D eigenvalue weighted by atomic mass is 9.84. The van der Waals surface area contributed by atoms with Gasteiger partial charge in [0.05, 0.1) is 0 Å². The highest BCUT2D eigenvalue weighted by atomic mass is 16.6. The Bertz CT molecular complexity index is 2080. The molecule has 3 aromatic carbocycles. The maximum Gasteiger partial charge on any atom is 0.329 e. The van der Waals surface area contributed by atoms with Crippen LogP contribution in [0.15, 0.2) is 109 Å². The lowest BCUT2D eigenvalue weighted by molar-refractivity contribution is -0.149. The predicted molar refractivity (Wildman–Crippen MR) is 212 cm³/mol. The van der Waals surface area contributed by atoms with E-state index in [1.54, 1.807) is 6.20 Å². The summed E-state index contributed by atoms with van der Waals surface area (Å²) in [5.41, 5.74) is 5.15. The topological polar surface area (TPSA) is 112 Å². The highest BCUT2D eigenvalue weighted by Gasteiger charge is 2.46. The molecule has 54 heavy (non-hydrogen) atoms. The zero-order valence-electron chi connectivity index (χ0n) is 32.4. The van der Waals surface area contributed by atoms with Crippen molar-refractivity contribution in [1.82, 2.24) is 9.97 Å². The number of carbonyl (C=O) groups excluding carboxylic acids is 2. The van der Waals surface area contributed by atoms with Gasteiger partial charge < -0.3 is 24.8 Å². The lowest BCUT2D eigenvalue weighted by Gasteiger charge is -2.25. The molecular weight excluding hydrogens is 677 g/mol. The van der Waals surface area contributed by atoms with Crippen molar-refractivity contribution >= 4 is 23.6 Å². The minimum atomic E-state index is -0.691. The zero-order chi connectivity index (χ0) is 38.7. The molecular formula is C45H50N4O5. The van der Waals surface area contributed by atoms with Crippen molar-refractivity contribution in [2.24, 2.45) is 0 Å². The molecule has 4 heterocycles. The molecule has 0 bridgehead atoms. The molecule has 0 amide bonds. The molecule has 2 fully saturated rings. The lowest BCUT2D eigenvalue weighted by Crippen LogP contribution is -2.25. The van der Waals surface area contributed by atoms with Crippen LogP contribution in [0.4, 0.5) is 11.6 Å². The van der Waals surface area contributed by atoms with E-state index in [-0.39, 0.29) is 17.4 Å². The van der Waals surface area contributed by atoms with Crippen molar-refractivity contribution in [2.45, 2.75) is 96.9 Å². The zero-order valence-corrected chi connectivity index (χ0v) is 32.4. The molecule has 5 aromatic rings. The molecule has 4 atom stereocenters. The number of hydrogen-bond donors (Lipinski definition) is 2. The van der Waals surface area contributed by atoms with E-state index in [9.17, 15) is 9.59 Å². The molecule has 2 saturated heterocycles. The van der Waals surface area contributed by atoms with Gasteiger partial charge in [0.15, 0.2) is 0 Å². The Labute approximate surface area is 318 Å².